The molecular weight excluding hydrogens is 428 g/mol. The van der Waals surface area contributed by atoms with Crippen LogP contribution in [-0.2, 0) is 14.9 Å². The number of benzene rings is 1. The maximum atomic E-state index is 13.9. The molecule has 4 fully saturated rings. The van der Waals surface area contributed by atoms with Crippen molar-refractivity contribution >= 4 is 17.7 Å². The van der Waals surface area contributed by atoms with E-state index in [1.54, 1.807) is 18.3 Å². The first-order valence-corrected chi connectivity index (χ1v) is 12.7. The lowest BCUT2D eigenvalue weighted by Gasteiger charge is -2.53. The van der Waals surface area contributed by atoms with Crippen LogP contribution in [0.3, 0.4) is 0 Å². The monoisotopic (exact) mass is 462 g/mol. The third-order valence-electron chi connectivity index (χ3n) is 8.24. The van der Waals surface area contributed by atoms with Crippen LogP contribution in [0.5, 0.6) is 0 Å². The lowest BCUT2D eigenvalue weighted by Crippen LogP contribution is -2.67. The van der Waals surface area contributed by atoms with Crippen molar-refractivity contribution in [3.8, 4) is 0 Å². The molecular formula is C27H34N4O3. The number of rotatable bonds is 6. The van der Waals surface area contributed by atoms with Gasteiger partial charge in [-0.15, -0.1) is 5.10 Å². The van der Waals surface area contributed by atoms with E-state index >= 15 is 0 Å². The van der Waals surface area contributed by atoms with Crippen LogP contribution in [0.2, 0.25) is 0 Å². The van der Waals surface area contributed by atoms with Gasteiger partial charge in [-0.2, -0.15) is 5.10 Å². The molecule has 34 heavy (non-hydrogen) atoms. The van der Waals surface area contributed by atoms with Gasteiger partial charge in [0, 0.05) is 30.9 Å². The first-order valence-electron chi connectivity index (χ1n) is 12.7. The standard InChI is InChI=1S/C27H34N4O3/c32-25(29-24-11-8-16-28-30-24)20-31-17-12-21(13-18-31)23(19-31)34-26(33)27(14-6-1-2-7-15-27)22-9-4-3-5-10-22/h3-5,8-11,16,21,23H,1-2,6-7,12-15,17-20H2/t21?,23-,31?/m0/s1. The van der Waals surface area contributed by atoms with Gasteiger partial charge in [-0.1, -0.05) is 56.0 Å². The molecule has 4 heterocycles. The Kier molecular flexibility index (Phi) is 6.63. The van der Waals surface area contributed by atoms with E-state index in [9.17, 15) is 9.90 Å². The maximum absolute atomic E-state index is 13.9. The molecule has 180 valence electrons. The zero-order valence-electron chi connectivity index (χ0n) is 19.8. The highest BCUT2D eigenvalue weighted by atomic mass is 16.5. The van der Waals surface area contributed by atoms with Crippen LogP contribution in [0.15, 0.2) is 53.7 Å². The van der Waals surface area contributed by atoms with E-state index in [0.717, 1.165) is 57.2 Å². The largest absolute Gasteiger partial charge is 0.858 e. The van der Waals surface area contributed by atoms with Gasteiger partial charge in [-0.3, -0.25) is 4.79 Å². The van der Waals surface area contributed by atoms with Crippen LogP contribution in [-0.4, -0.2) is 58.8 Å². The fourth-order valence-electron chi connectivity index (χ4n) is 6.33. The topological polar surface area (TPSA) is 87.5 Å². The van der Waals surface area contributed by atoms with Crippen molar-refractivity contribution in [1.29, 1.82) is 0 Å². The smallest absolute Gasteiger partial charge is 0.317 e. The van der Waals surface area contributed by atoms with Crippen molar-refractivity contribution in [1.82, 2.24) is 10.2 Å². The van der Waals surface area contributed by atoms with Gasteiger partial charge < -0.3 is 14.3 Å². The number of aliphatic imine (C=N–C) groups is 1. The second kappa shape index (κ2) is 9.82. The summed E-state index contributed by atoms with van der Waals surface area (Å²) < 4.78 is 7.03. The number of esters is 1. The Hall–Kier alpha value is -2.80. The molecule has 4 aliphatic rings. The third kappa shape index (κ3) is 4.71. The predicted molar refractivity (Wildman–Crippen MR) is 127 cm³/mol. The van der Waals surface area contributed by atoms with E-state index in [1.807, 2.05) is 18.2 Å². The third-order valence-corrected chi connectivity index (χ3v) is 8.24. The number of carbonyl (C=O) groups excluding carboxylic acids is 1. The Morgan fingerprint density at radius 1 is 1.06 bits per heavy atom. The van der Waals surface area contributed by atoms with Crippen molar-refractivity contribution in [2.75, 3.05) is 26.2 Å². The van der Waals surface area contributed by atoms with E-state index in [0.29, 0.717) is 29.3 Å². The van der Waals surface area contributed by atoms with Gasteiger partial charge in [0.25, 0.3) is 0 Å². The molecule has 1 atom stereocenters. The average Bonchev–Trinajstić information content (AvgIpc) is 3.13. The molecule has 3 saturated heterocycles. The number of hydrogen-bond acceptors (Lipinski definition) is 6. The fourth-order valence-corrected chi connectivity index (χ4v) is 6.33. The second-order valence-electron chi connectivity index (χ2n) is 10.4. The van der Waals surface area contributed by atoms with Gasteiger partial charge >= 0.3 is 5.97 Å². The maximum Gasteiger partial charge on any atom is 0.317 e. The number of quaternary nitrogens is 1. The summed E-state index contributed by atoms with van der Waals surface area (Å²) in [7, 11) is 0. The molecule has 1 aliphatic carbocycles. The molecule has 0 spiro atoms. The summed E-state index contributed by atoms with van der Waals surface area (Å²) in [4.78, 5) is 18.0. The molecule has 1 aromatic heterocycles. The summed E-state index contributed by atoms with van der Waals surface area (Å²) in [5.74, 6) is 0.483. The van der Waals surface area contributed by atoms with Gasteiger partial charge in [0.1, 0.15) is 13.1 Å². The zero-order chi connectivity index (χ0) is 23.4. The fraction of sp³-hybridized carbons (Fsp3) is 0.556. The summed E-state index contributed by atoms with van der Waals surface area (Å²) >= 11 is 0. The van der Waals surface area contributed by atoms with Gasteiger partial charge in [0.2, 0.25) is 0 Å². The van der Waals surface area contributed by atoms with Gasteiger partial charge in [-0.05, 0) is 30.5 Å². The second-order valence-corrected chi connectivity index (χ2v) is 10.4. The molecule has 0 N–H and O–H groups in total. The minimum Gasteiger partial charge on any atom is -0.858 e. The Morgan fingerprint density at radius 2 is 1.79 bits per heavy atom. The lowest BCUT2D eigenvalue weighted by molar-refractivity contribution is -0.939. The highest BCUT2D eigenvalue weighted by molar-refractivity contribution is 5.83. The van der Waals surface area contributed by atoms with Crippen LogP contribution in [0, 0.1) is 5.92 Å². The molecule has 6 rings (SSSR count). The number of ether oxygens (including phenoxy) is 1. The summed E-state index contributed by atoms with van der Waals surface area (Å²) in [5, 5.41) is 20.5. The number of fused-ring (bicyclic) bond motifs is 3. The molecule has 1 saturated carbocycles. The van der Waals surface area contributed by atoms with E-state index < -0.39 is 5.41 Å². The highest BCUT2D eigenvalue weighted by Crippen LogP contribution is 2.42. The van der Waals surface area contributed by atoms with Crippen LogP contribution >= 0.6 is 0 Å². The van der Waals surface area contributed by atoms with Crippen molar-refractivity contribution in [2.24, 2.45) is 10.9 Å². The number of hydrogen-bond donors (Lipinski definition) is 0. The molecule has 2 aromatic rings. The van der Waals surface area contributed by atoms with E-state index in [1.165, 1.54) is 12.8 Å². The summed E-state index contributed by atoms with van der Waals surface area (Å²) in [6.45, 7) is 2.89. The van der Waals surface area contributed by atoms with E-state index in [2.05, 4.69) is 27.3 Å². The van der Waals surface area contributed by atoms with Gasteiger partial charge in [-0.25, -0.2) is 4.99 Å². The molecule has 2 bridgehead atoms. The minimum absolute atomic E-state index is 0.0620. The van der Waals surface area contributed by atoms with Crippen molar-refractivity contribution in [2.45, 2.75) is 62.9 Å². The van der Waals surface area contributed by atoms with Crippen molar-refractivity contribution < 1.29 is 19.1 Å². The van der Waals surface area contributed by atoms with E-state index in [4.69, 9.17) is 4.74 Å². The molecule has 7 nitrogen and oxygen atoms in total. The Morgan fingerprint density at radius 3 is 2.47 bits per heavy atom. The lowest BCUT2D eigenvalue weighted by atomic mass is 9.74. The predicted octanol–water partition coefficient (Wildman–Crippen LogP) is 3.31. The quantitative estimate of drug-likeness (QED) is 0.216. The van der Waals surface area contributed by atoms with Crippen LogP contribution in [0.4, 0.5) is 5.82 Å². The number of piperidine rings is 3. The van der Waals surface area contributed by atoms with Crippen molar-refractivity contribution in [3.05, 3.63) is 54.2 Å². The molecule has 3 aliphatic heterocycles. The molecule has 0 radical (unpaired) electrons. The summed E-state index contributed by atoms with van der Waals surface area (Å²) in [6.07, 6.45) is 9.54. The Labute approximate surface area is 201 Å². The van der Waals surface area contributed by atoms with Crippen LogP contribution in [0.25, 0.3) is 0 Å². The molecule has 1 aromatic carbocycles. The van der Waals surface area contributed by atoms with Gasteiger partial charge in [0.05, 0.1) is 18.5 Å². The number of nitrogens with zero attached hydrogens (tertiary/aromatic N) is 4. The van der Waals surface area contributed by atoms with Crippen LogP contribution < -0.4 is 5.11 Å². The van der Waals surface area contributed by atoms with Crippen LogP contribution in [0.1, 0.15) is 56.9 Å². The minimum atomic E-state index is -0.550. The average molecular weight is 463 g/mol. The number of aromatic nitrogens is 2. The Balaban J connectivity index is 1.33. The Bertz CT molecular complexity index is 995. The molecule has 0 amide bonds. The normalized spacial score (nSPS) is 28.8. The first kappa shape index (κ1) is 23.0. The summed E-state index contributed by atoms with van der Waals surface area (Å²) in [5.41, 5.74) is 0.538. The SMILES string of the molecule is O=C(O[C@H]1C[N+]2(CC([O-])=Nc3cccnn3)CCC1CC2)C1(c2ccccc2)CCCCCC1. The van der Waals surface area contributed by atoms with E-state index in [-0.39, 0.29) is 18.0 Å². The zero-order valence-corrected chi connectivity index (χ0v) is 19.8. The molecule has 7 heteroatoms. The van der Waals surface area contributed by atoms with Crippen molar-refractivity contribution in [3.63, 3.8) is 0 Å². The van der Waals surface area contributed by atoms with Gasteiger partial charge in [0.15, 0.2) is 11.9 Å². The summed E-state index contributed by atoms with van der Waals surface area (Å²) in [6, 6.07) is 13.6. The first-order chi connectivity index (χ1) is 16.6. The number of carbonyl (C=O) groups is 1. The highest BCUT2D eigenvalue weighted by Gasteiger charge is 2.50. The molecule has 0 unspecified atom stereocenters.